The fourth-order valence-corrected chi connectivity index (χ4v) is 2.95. The van der Waals surface area contributed by atoms with Crippen LogP contribution in [-0.4, -0.2) is 52.2 Å². The molecule has 1 fully saturated rings. The van der Waals surface area contributed by atoms with Gasteiger partial charge in [0.05, 0.1) is 11.0 Å². The Kier molecular flexibility index (Phi) is 4.94. The van der Waals surface area contributed by atoms with Crippen molar-refractivity contribution < 1.29 is 18.3 Å². The monoisotopic (exact) mass is 313 g/mol. The Hall–Kier alpha value is -1.48. The summed E-state index contributed by atoms with van der Waals surface area (Å²) in [5.74, 6) is -0.388. The molecule has 2 unspecified atom stereocenters. The van der Waals surface area contributed by atoms with Crippen molar-refractivity contribution in [3.63, 3.8) is 0 Å². The van der Waals surface area contributed by atoms with E-state index in [0.29, 0.717) is 19.6 Å². The Morgan fingerprint density at radius 3 is 2.81 bits per heavy atom. The third kappa shape index (κ3) is 3.79. The number of aliphatic hydroxyl groups is 1. The molecule has 1 aliphatic heterocycles. The molecule has 1 aromatic rings. The summed E-state index contributed by atoms with van der Waals surface area (Å²) in [5, 5.41) is 15.4. The van der Waals surface area contributed by atoms with Crippen LogP contribution in [0.25, 0.3) is 0 Å². The van der Waals surface area contributed by atoms with Crippen molar-refractivity contribution in [3.8, 4) is 0 Å². The van der Waals surface area contributed by atoms with Gasteiger partial charge < -0.3 is 15.7 Å². The number of carbonyl (C=O) groups is 1. The Morgan fingerprint density at radius 1 is 1.43 bits per heavy atom. The van der Waals surface area contributed by atoms with E-state index in [0.717, 1.165) is 0 Å². The number of amides is 1. The fourth-order valence-electron chi connectivity index (χ4n) is 2.18. The highest BCUT2D eigenvalue weighted by Gasteiger charge is 2.25. The number of sulfonamides is 1. The standard InChI is InChI=1S/C13H19N3O4S/c1-14-21(19,20)11-4-2-3-9(5-11)13(18)16-7-10-6-15-8-12(10)17/h2-5,10,12,14-15,17H,6-8H2,1H3,(H,16,18). The van der Waals surface area contributed by atoms with Crippen molar-refractivity contribution in [2.75, 3.05) is 26.7 Å². The average Bonchev–Trinajstić information content (AvgIpc) is 2.90. The first-order chi connectivity index (χ1) is 9.94. The van der Waals surface area contributed by atoms with E-state index < -0.39 is 16.1 Å². The molecule has 4 N–H and O–H groups in total. The average molecular weight is 313 g/mol. The molecule has 1 aliphatic rings. The van der Waals surface area contributed by atoms with Crippen LogP contribution in [0, 0.1) is 5.92 Å². The number of hydrogen-bond acceptors (Lipinski definition) is 5. The molecule has 2 atom stereocenters. The predicted molar refractivity (Wildman–Crippen MR) is 77.4 cm³/mol. The summed E-state index contributed by atoms with van der Waals surface area (Å²) >= 11 is 0. The van der Waals surface area contributed by atoms with Gasteiger partial charge in [-0.2, -0.15) is 0 Å². The van der Waals surface area contributed by atoms with E-state index >= 15 is 0 Å². The lowest BCUT2D eigenvalue weighted by molar-refractivity contribution is 0.0927. The number of benzene rings is 1. The van der Waals surface area contributed by atoms with Gasteiger partial charge in [0.1, 0.15) is 0 Å². The second-order valence-electron chi connectivity index (χ2n) is 4.93. The van der Waals surface area contributed by atoms with Crippen molar-refractivity contribution in [1.29, 1.82) is 0 Å². The smallest absolute Gasteiger partial charge is 0.251 e. The van der Waals surface area contributed by atoms with Gasteiger partial charge in [0.15, 0.2) is 0 Å². The topological polar surface area (TPSA) is 108 Å². The molecule has 1 amide bonds. The van der Waals surface area contributed by atoms with Gasteiger partial charge in [-0.05, 0) is 25.2 Å². The second kappa shape index (κ2) is 6.52. The maximum absolute atomic E-state index is 12.0. The zero-order valence-electron chi connectivity index (χ0n) is 11.7. The quantitative estimate of drug-likeness (QED) is 0.552. The Bertz CT molecular complexity index is 618. The molecule has 1 saturated heterocycles. The van der Waals surface area contributed by atoms with Gasteiger partial charge in [0, 0.05) is 31.1 Å². The van der Waals surface area contributed by atoms with E-state index in [1.165, 1.54) is 25.2 Å². The molecule has 0 saturated carbocycles. The highest BCUT2D eigenvalue weighted by molar-refractivity contribution is 7.89. The van der Waals surface area contributed by atoms with Gasteiger partial charge in [-0.3, -0.25) is 4.79 Å². The maximum atomic E-state index is 12.0. The van der Waals surface area contributed by atoms with Gasteiger partial charge in [-0.15, -0.1) is 0 Å². The van der Waals surface area contributed by atoms with E-state index in [2.05, 4.69) is 15.4 Å². The van der Waals surface area contributed by atoms with Crippen molar-refractivity contribution in [3.05, 3.63) is 29.8 Å². The normalized spacial score (nSPS) is 22.2. The van der Waals surface area contributed by atoms with Gasteiger partial charge in [0.25, 0.3) is 5.91 Å². The summed E-state index contributed by atoms with van der Waals surface area (Å²) in [7, 11) is -2.26. The molecule has 0 aliphatic carbocycles. The third-order valence-corrected chi connectivity index (χ3v) is 4.92. The molecule has 1 heterocycles. The molecule has 1 aromatic carbocycles. The molecule has 0 bridgehead atoms. The maximum Gasteiger partial charge on any atom is 0.251 e. The summed E-state index contributed by atoms with van der Waals surface area (Å²) in [6, 6.07) is 5.82. The zero-order valence-corrected chi connectivity index (χ0v) is 12.5. The SMILES string of the molecule is CNS(=O)(=O)c1cccc(C(=O)NCC2CNCC2O)c1. The summed E-state index contributed by atoms with van der Waals surface area (Å²) in [4.78, 5) is 12.1. The number of aliphatic hydroxyl groups excluding tert-OH is 1. The van der Waals surface area contributed by atoms with Crippen LogP contribution in [0.3, 0.4) is 0 Å². The molecule has 0 radical (unpaired) electrons. The van der Waals surface area contributed by atoms with E-state index in [-0.39, 0.29) is 22.3 Å². The first-order valence-corrected chi connectivity index (χ1v) is 8.13. The van der Waals surface area contributed by atoms with Crippen molar-refractivity contribution >= 4 is 15.9 Å². The van der Waals surface area contributed by atoms with Crippen LogP contribution in [0.15, 0.2) is 29.2 Å². The molecule has 21 heavy (non-hydrogen) atoms. The minimum atomic E-state index is -3.57. The minimum Gasteiger partial charge on any atom is -0.391 e. The summed E-state index contributed by atoms with van der Waals surface area (Å²) in [5.41, 5.74) is 0.270. The van der Waals surface area contributed by atoms with Crippen LogP contribution in [-0.2, 0) is 10.0 Å². The molecular weight excluding hydrogens is 294 g/mol. The molecule has 0 spiro atoms. The van der Waals surface area contributed by atoms with E-state index in [1.54, 1.807) is 6.07 Å². The Balaban J connectivity index is 2.04. The Morgan fingerprint density at radius 2 is 2.19 bits per heavy atom. The number of β-amino-alcohol motifs (C(OH)–C–C–N with tert-alkyl or cyclic N) is 1. The van der Waals surface area contributed by atoms with Gasteiger partial charge in [0.2, 0.25) is 10.0 Å². The van der Waals surface area contributed by atoms with Crippen LogP contribution in [0.4, 0.5) is 0 Å². The van der Waals surface area contributed by atoms with Gasteiger partial charge in [-0.25, -0.2) is 13.1 Å². The first-order valence-electron chi connectivity index (χ1n) is 6.64. The minimum absolute atomic E-state index is 0.0295. The highest BCUT2D eigenvalue weighted by Crippen LogP contribution is 2.12. The number of carbonyl (C=O) groups excluding carboxylic acids is 1. The lowest BCUT2D eigenvalue weighted by Crippen LogP contribution is -2.34. The molecule has 0 aromatic heterocycles. The summed E-state index contributed by atoms with van der Waals surface area (Å²) < 4.78 is 25.6. The van der Waals surface area contributed by atoms with Crippen LogP contribution in [0.5, 0.6) is 0 Å². The van der Waals surface area contributed by atoms with Gasteiger partial charge >= 0.3 is 0 Å². The number of hydrogen-bond donors (Lipinski definition) is 4. The molecular formula is C13H19N3O4S. The second-order valence-corrected chi connectivity index (χ2v) is 6.82. The van der Waals surface area contributed by atoms with E-state index in [4.69, 9.17) is 0 Å². The fraction of sp³-hybridized carbons (Fsp3) is 0.462. The van der Waals surface area contributed by atoms with Crippen LogP contribution in [0.2, 0.25) is 0 Å². The van der Waals surface area contributed by atoms with Crippen molar-refractivity contribution in [2.24, 2.45) is 5.92 Å². The Labute approximate surface area is 123 Å². The van der Waals surface area contributed by atoms with Crippen LogP contribution < -0.4 is 15.4 Å². The third-order valence-electron chi connectivity index (χ3n) is 3.50. The van der Waals surface area contributed by atoms with Crippen LogP contribution in [0.1, 0.15) is 10.4 Å². The molecule has 7 nitrogen and oxygen atoms in total. The highest BCUT2D eigenvalue weighted by atomic mass is 32.2. The van der Waals surface area contributed by atoms with Crippen molar-refractivity contribution in [2.45, 2.75) is 11.0 Å². The first kappa shape index (κ1) is 15.9. The molecule has 116 valence electrons. The number of rotatable bonds is 5. The zero-order chi connectivity index (χ0) is 15.5. The van der Waals surface area contributed by atoms with Gasteiger partial charge in [-0.1, -0.05) is 6.07 Å². The lowest BCUT2D eigenvalue weighted by Gasteiger charge is -2.14. The van der Waals surface area contributed by atoms with E-state index in [1.807, 2.05) is 0 Å². The lowest BCUT2D eigenvalue weighted by atomic mass is 10.1. The van der Waals surface area contributed by atoms with Crippen LogP contribution >= 0.6 is 0 Å². The molecule has 2 rings (SSSR count). The largest absolute Gasteiger partial charge is 0.391 e. The predicted octanol–water partition coefficient (Wildman–Crippen LogP) is -1.10. The molecule has 8 heteroatoms. The van der Waals surface area contributed by atoms with Crippen molar-refractivity contribution in [1.82, 2.24) is 15.4 Å². The summed E-state index contributed by atoms with van der Waals surface area (Å²) in [6.45, 7) is 1.52. The summed E-state index contributed by atoms with van der Waals surface area (Å²) in [6.07, 6.45) is -0.471. The van der Waals surface area contributed by atoms with E-state index in [9.17, 15) is 18.3 Å². The number of nitrogens with one attached hydrogen (secondary N) is 3.